The minimum atomic E-state index is -4.84. The lowest BCUT2D eigenvalue weighted by Crippen LogP contribution is -2.09. The first-order chi connectivity index (χ1) is 7.36. The molecule has 0 atom stereocenters. The van der Waals surface area contributed by atoms with E-state index in [-0.39, 0.29) is 12.1 Å². The molecule has 1 amide bonds. The van der Waals surface area contributed by atoms with Gasteiger partial charge in [-0.3, -0.25) is 14.9 Å². The summed E-state index contributed by atoms with van der Waals surface area (Å²) in [6.45, 7) is 0. The third-order valence-corrected chi connectivity index (χ3v) is 1.72. The molecule has 0 fully saturated rings. The summed E-state index contributed by atoms with van der Waals surface area (Å²) in [6.07, 6.45) is -4.66. The molecule has 0 aliphatic carbocycles. The number of amides is 1. The highest BCUT2D eigenvalue weighted by Crippen LogP contribution is 2.37. The standard InChI is InChI=1S/C8H5F3N2O3/c9-8(10,11)6-3-5(12-4-14)1-2-7(6)13(15)16/h1-4H,(H,12,14). The molecule has 0 aromatic heterocycles. The molecule has 0 saturated heterocycles. The van der Waals surface area contributed by atoms with Crippen LogP contribution >= 0.6 is 0 Å². The van der Waals surface area contributed by atoms with Gasteiger partial charge >= 0.3 is 6.18 Å². The van der Waals surface area contributed by atoms with Crippen molar-refractivity contribution in [3.05, 3.63) is 33.9 Å². The Labute approximate surface area is 87.0 Å². The number of alkyl halides is 3. The van der Waals surface area contributed by atoms with E-state index < -0.39 is 22.4 Å². The molecule has 0 heterocycles. The predicted molar refractivity (Wildman–Crippen MR) is 47.8 cm³/mol. The monoisotopic (exact) mass is 234 g/mol. The van der Waals surface area contributed by atoms with E-state index >= 15 is 0 Å². The zero-order valence-electron chi connectivity index (χ0n) is 7.62. The second-order valence-electron chi connectivity index (χ2n) is 2.75. The SMILES string of the molecule is O=CNc1ccc([N+](=O)[O-])c(C(F)(F)F)c1. The van der Waals surface area contributed by atoms with Crippen molar-refractivity contribution in [3.8, 4) is 0 Å². The number of nitro groups is 1. The molecule has 1 N–H and O–H groups in total. The normalized spacial score (nSPS) is 10.9. The Bertz CT molecular complexity index is 431. The first kappa shape index (κ1) is 12.0. The number of anilines is 1. The van der Waals surface area contributed by atoms with Crippen LogP contribution in [0.15, 0.2) is 18.2 Å². The molecule has 0 aliphatic rings. The Morgan fingerprint density at radius 1 is 1.38 bits per heavy atom. The first-order valence-electron chi connectivity index (χ1n) is 3.92. The third kappa shape index (κ3) is 2.47. The predicted octanol–water partition coefficient (Wildman–Crippen LogP) is 2.18. The second kappa shape index (κ2) is 4.17. The summed E-state index contributed by atoms with van der Waals surface area (Å²) in [6, 6.07) is 2.21. The summed E-state index contributed by atoms with van der Waals surface area (Å²) in [5, 5.41) is 12.3. The van der Waals surface area contributed by atoms with Crippen molar-refractivity contribution >= 4 is 17.8 Å². The van der Waals surface area contributed by atoms with Gasteiger partial charge in [-0.25, -0.2) is 0 Å². The molecule has 1 aromatic carbocycles. The average molecular weight is 234 g/mol. The van der Waals surface area contributed by atoms with Gasteiger partial charge in [-0.2, -0.15) is 13.2 Å². The van der Waals surface area contributed by atoms with Gasteiger partial charge in [0.15, 0.2) is 0 Å². The van der Waals surface area contributed by atoms with E-state index in [4.69, 9.17) is 0 Å². The Kier molecular flexibility index (Phi) is 3.11. The molecule has 1 aromatic rings. The summed E-state index contributed by atoms with van der Waals surface area (Å²) in [5.41, 5.74) is -2.61. The number of rotatable bonds is 3. The van der Waals surface area contributed by atoms with Crippen LogP contribution in [0.1, 0.15) is 5.56 Å². The van der Waals surface area contributed by atoms with Gasteiger partial charge in [-0.1, -0.05) is 0 Å². The summed E-state index contributed by atoms with van der Waals surface area (Å²) >= 11 is 0. The topological polar surface area (TPSA) is 72.2 Å². The van der Waals surface area contributed by atoms with Crippen molar-refractivity contribution < 1.29 is 22.9 Å². The van der Waals surface area contributed by atoms with Crippen LogP contribution in [0.2, 0.25) is 0 Å². The van der Waals surface area contributed by atoms with Crippen LogP contribution in [-0.4, -0.2) is 11.3 Å². The molecule has 0 spiro atoms. The van der Waals surface area contributed by atoms with Gasteiger partial charge in [-0.05, 0) is 12.1 Å². The number of carbonyl (C=O) groups is 1. The van der Waals surface area contributed by atoms with Gasteiger partial charge in [0.1, 0.15) is 5.56 Å². The molecule has 8 heteroatoms. The smallest absolute Gasteiger partial charge is 0.329 e. The van der Waals surface area contributed by atoms with Gasteiger partial charge < -0.3 is 5.32 Å². The minimum Gasteiger partial charge on any atom is -0.329 e. The molecule has 0 aliphatic heterocycles. The number of nitrogens with one attached hydrogen (secondary N) is 1. The molecular formula is C8H5F3N2O3. The van der Waals surface area contributed by atoms with Crippen molar-refractivity contribution in [1.29, 1.82) is 0 Å². The van der Waals surface area contributed by atoms with Gasteiger partial charge in [-0.15, -0.1) is 0 Å². The number of nitrogens with zero attached hydrogens (tertiary/aromatic N) is 1. The van der Waals surface area contributed by atoms with Gasteiger partial charge in [0.25, 0.3) is 5.69 Å². The molecule has 0 saturated carbocycles. The third-order valence-electron chi connectivity index (χ3n) is 1.72. The van der Waals surface area contributed by atoms with Gasteiger partial charge in [0.05, 0.1) is 4.92 Å². The molecular weight excluding hydrogens is 229 g/mol. The summed E-state index contributed by atoms with van der Waals surface area (Å²) in [5.74, 6) is 0. The van der Waals surface area contributed by atoms with Crippen molar-refractivity contribution in [3.63, 3.8) is 0 Å². The highest BCUT2D eigenvalue weighted by molar-refractivity contribution is 5.72. The highest BCUT2D eigenvalue weighted by Gasteiger charge is 2.38. The van der Waals surface area contributed by atoms with Crippen LogP contribution in [0.4, 0.5) is 24.5 Å². The maximum Gasteiger partial charge on any atom is 0.423 e. The molecule has 1 rings (SSSR count). The molecule has 5 nitrogen and oxygen atoms in total. The Morgan fingerprint density at radius 3 is 2.44 bits per heavy atom. The van der Waals surface area contributed by atoms with Crippen molar-refractivity contribution in [1.82, 2.24) is 0 Å². The van der Waals surface area contributed by atoms with Crippen molar-refractivity contribution in [2.24, 2.45) is 0 Å². The van der Waals surface area contributed by atoms with Gasteiger partial charge in [0.2, 0.25) is 6.41 Å². The van der Waals surface area contributed by atoms with Crippen molar-refractivity contribution in [2.75, 3.05) is 5.32 Å². The Morgan fingerprint density at radius 2 is 2.00 bits per heavy atom. The van der Waals surface area contributed by atoms with E-state index in [1.54, 1.807) is 0 Å². The summed E-state index contributed by atoms with van der Waals surface area (Å²) in [4.78, 5) is 19.2. The average Bonchev–Trinajstić information content (AvgIpc) is 2.16. The van der Waals surface area contributed by atoms with E-state index in [1.807, 2.05) is 5.32 Å². The maximum absolute atomic E-state index is 12.4. The molecule has 0 unspecified atom stereocenters. The first-order valence-corrected chi connectivity index (χ1v) is 3.92. The lowest BCUT2D eigenvalue weighted by molar-refractivity contribution is -0.388. The quantitative estimate of drug-likeness (QED) is 0.495. The summed E-state index contributed by atoms with van der Waals surface area (Å²) < 4.78 is 37.2. The Hall–Kier alpha value is -2.12. The summed E-state index contributed by atoms with van der Waals surface area (Å²) in [7, 11) is 0. The molecule has 16 heavy (non-hydrogen) atoms. The van der Waals surface area contributed by atoms with E-state index in [0.29, 0.717) is 12.1 Å². The fourth-order valence-electron chi connectivity index (χ4n) is 1.08. The fourth-order valence-corrected chi connectivity index (χ4v) is 1.08. The minimum absolute atomic E-state index is 0.159. The largest absolute Gasteiger partial charge is 0.423 e. The van der Waals surface area contributed by atoms with E-state index in [9.17, 15) is 28.1 Å². The van der Waals surface area contributed by atoms with Crippen LogP contribution in [0.25, 0.3) is 0 Å². The zero-order chi connectivity index (χ0) is 12.3. The van der Waals surface area contributed by atoms with E-state index in [1.165, 1.54) is 0 Å². The lowest BCUT2D eigenvalue weighted by Gasteiger charge is -2.08. The number of hydrogen-bond donors (Lipinski definition) is 1. The van der Waals surface area contributed by atoms with Crippen LogP contribution in [0.5, 0.6) is 0 Å². The van der Waals surface area contributed by atoms with E-state index in [2.05, 4.69) is 0 Å². The number of nitro benzene ring substituents is 1. The molecule has 0 radical (unpaired) electrons. The number of halogens is 3. The number of benzene rings is 1. The highest BCUT2D eigenvalue weighted by atomic mass is 19.4. The van der Waals surface area contributed by atoms with E-state index in [0.717, 1.165) is 6.07 Å². The van der Waals surface area contributed by atoms with Crippen LogP contribution in [0, 0.1) is 10.1 Å². The molecule has 86 valence electrons. The van der Waals surface area contributed by atoms with Crippen LogP contribution in [-0.2, 0) is 11.0 Å². The molecule has 0 bridgehead atoms. The number of hydrogen-bond acceptors (Lipinski definition) is 3. The van der Waals surface area contributed by atoms with Gasteiger partial charge in [0, 0.05) is 11.8 Å². The second-order valence-corrected chi connectivity index (χ2v) is 2.75. The lowest BCUT2D eigenvalue weighted by atomic mass is 10.1. The number of carbonyl (C=O) groups excluding carboxylic acids is 1. The van der Waals surface area contributed by atoms with Crippen LogP contribution < -0.4 is 5.32 Å². The van der Waals surface area contributed by atoms with Crippen molar-refractivity contribution in [2.45, 2.75) is 6.18 Å². The van der Waals surface area contributed by atoms with Crippen LogP contribution in [0.3, 0.4) is 0 Å². The fraction of sp³-hybridized carbons (Fsp3) is 0.125. The zero-order valence-corrected chi connectivity index (χ0v) is 7.62. The maximum atomic E-state index is 12.4. The Balaban J connectivity index is 3.32.